The predicted octanol–water partition coefficient (Wildman–Crippen LogP) is 2.63. The Morgan fingerprint density at radius 3 is 2.69 bits per heavy atom. The van der Waals surface area contributed by atoms with Gasteiger partial charge in [-0.25, -0.2) is 14.5 Å². The molecule has 2 aliphatic heterocycles. The lowest BCUT2D eigenvalue weighted by Gasteiger charge is -2.12. The number of carboxylic acid groups (broad SMARTS) is 1. The third-order valence-corrected chi connectivity index (χ3v) is 5.54. The fraction of sp³-hybridized carbons (Fsp3) is 0.235. The zero-order chi connectivity index (χ0) is 18.8. The van der Waals surface area contributed by atoms with E-state index in [1.54, 1.807) is 12.1 Å². The Morgan fingerprint density at radius 1 is 1.31 bits per heavy atom. The summed E-state index contributed by atoms with van der Waals surface area (Å²) >= 11 is 0. The zero-order valence-corrected chi connectivity index (χ0v) is 15.0. The molecule has 0 saturated heterocycles. The second kappa shape index (κ2) is 5.28. The van der Waals surface area contributed by atoms with Crippen LogP contribution < -0.4 is 4.18 Å². The maximum absolute atomic E-state index is 12.8. The van der Waals surface area contributed by atoms with Gasteiger partial charge in [-0.2, -0.15) is 13.5 Å². The van der Waals surface area contributed by atoms with E-state index in [1.165, 1.54) is 10.7 Å². The van der Waals surface area contributed by atoms with Gasteiger partial charge in [0.05, 0.1) is 23.0 Å². The number of pyridine rings is 1. The Balaban J connectivity index is 2.28. The van der Waals surface area contributed by atoms with Crippen molar-refractivity contribution in [1.29, 1.82) is 0 Å². The highest BCUT2D eigenvalue weighted by Gasteiger charge is 2.33. The van der Waals surface area contributed by atoms with Gasteiger partial charge in [-0.15, -0.1) is 0 Å². The molecule has 1 N–H and O–H groups in total. The van der Waals surface area contributed by atoms with Crippen LogP contribution in [0.1, 0.15) is 41.4 Å². The second-order valence-electron chi connectivity index (χ2n) is 6.46. The first kappa shape index (κ1) is 16.5. The maximum Gasteiger partial charge on any atom is 0.341 e. The molecule has 0 fully saturated rings. The third-order valence-electron chi connectivity index (χ3n) is 4.26. The Bertz CT molecular complexity index is 1190. The molecule has 0 aliphatic carbocycles. The second-order valence-corrected chi connectivity index (χ2v) is 7.98. The molecule has 134 valence electrons. The molecule has 0 atom stereocenters. The maximum atomic E-state index is 12.8. The summed E-state index contributed by atoms with van der Waals surface area (Å²) in [5.41, 5.74) is 1.64. The van der Waals surface area contributed by atoms with E-state index in [1.807, 2.05) is 20.8 Å². The molecule has 5 rings (SSSR count). The largest absolute Gasteiger partial charge is 0.478 e. The van der Waals surface area contributed by atoms with Crippen LogP contribution >= 0.6 is 0 Å². The summed E-state index contributed by atoms with van der Waals surface area (Å²) < 4.78 is 32.1. The van der Waals surface area contributed by atoms with Crippen molar-refractivity contribution in [2.45, 2.75) is 31.6 Å². The van der Waals surface area contributed by atoms with Gasteiger partial charge >= 0.3 is 16.1 Å². The number of hydrogen-bond donors (Lipinski definition) is 1. The van der Waals surface area contributed by atoms with Crippen molar-refractivity contribution >= 4 is 27.1 Å². The number of aromatic carboxylic acids is 1. The van der Waals surface area contributed by atoms with Gasteiger partial charge in [0.15, 0.2) is 11.4 Å². The smallest absolute Gasteiger partial charge is 0.341 e. The number of carbonyl (C=O) groups is 1. The summed E-state index contributed by atoms with van der Waals surface area (Å²) in [7, 11) is -4.25. The van der Waals surface area contributed by atoms with Crippen LogP contribution in [0, 0.1) is 6.92 Å². The van der Waals surface area contributed by atoms with Crippen molar-refractivity contribution in [3.63, 3.8) is 0 Å². The molecule has 4 heterocycles. The molecule has 0 spiro atoms. The van der Waals surface area contributed by atoms with Crippen molar-refractivity contribution in [1.82, 2.24) is 14.8 Å². The molecule has 9 heteroatoms. The van der Waals surface area contributed by atoms with Gasteiger partial charge in [-0.1, -0.05) is 19.9 Å². The molecule has 0 unspecified atom stereocenters. The van der Waals surface area contributed by atoms with E-state index in [4.69, 9.17) is 4.18 Å². The highest BCUT2D eigenvalue weighted by Crippen LogP contribution is 2.38. The van der Waals surface area contributed by atoms with Crippen LogP contribution in [0.5, 0.6) is 5.75 Å². The van der Waals surface area contributed by atoms with Crippen LogP contribution in [0.15, 0.2) is 29.3 Å². The summed E-state index contributed by atoms with van der Waals surface area (Å²) in [5, 5.41) is 14.5. The molecular weight excluding hydrogens is 358 g/mol. The fourth-order valence-corrected chi connectivity index (χ4v) is 4.20. The summed E-state index contributed by atoms with van der Waals surface area (Å²) in [6.07, 6.45) is 1.12. The minimum absolute atomic E-state index is 0.0941. The average molecular weight is 373 g/mol. The summed E-state index contributed by atoms with van der Waals surface area (Å²) in [6.45, 7) is 5.58. The van der Waals surface area contributed by atoms with Crippen molar-refractivity contribution < 1.29 is 22.5 Å². The van der Waals surface area contributed by atoms with E-state index in [0.717, 1.165) is 11.8 Å². The monoisotopic (exact) mass is 373 g/mol. The molecule has 4 bridgehead atoms. The van der Waals surface area contributed by atoms with Gasteiger partial charge < -0.3 is 9.29 Å². The highest BCUT2D eigenvalue weighted by molar-refractivity contribution is 7.87. The summed E-state index contributed by atoms with van der Waals surface area (Å²) in [5.74, 6) is -1.72. The number of aromatic nitrogens is 3. The lowest BCUT2D eigenvalue weighted by atomic mass is 10.0. The molecule has 2 aromatic heterocycles. The number of benzene rings is 1. The number of rotatable bonds is 2. The van der Waals surface area contributed by atoms with E-state index in [-0.39, 0.29) is 38.8 Å². The molecule has 8 nitrogen and oxygen atoms in total. The van der Waals surface area contributed by atoms with Gasteiger partial charge in [-0.05, 0) is 30.5 Å². The van der Waals surface area contributed by atoms with Crippen molar-refractivity contribution in [3.05, 3.63) is 41.2 Å². The summed E-state index contributed by atoms with van der Waals surface area (Å²) in [6, 6.07) is 4.73. The standard InChI is InChI=1S/C17H15N3O5S/c1-8(2)15-14-13(17(21)22)11-7-18-16(14)20(19-15)10-6-9(3)4-5-12(10)26(23,24)25-11/h4-8H,1-3H3,(H,21,22). The molecule has 3 aromatic rings. The SMILES string of the molecule is Cc1ccc2c(c1)-n1nc(C(C)C)c3c(C(=O)O)c(cnc31)OS2(=O)=O. The van der Waals surface area contributed by atoms with Gasteiger partial charge in [-0.3, -0.25) is 0 Å². The normalized spacial score (nSPS) is 14.8. The van der Waals surface area contributed by atoms with Crippen LogP contribution in [0.4, 0.5) is 0 Å². The minimum atomic E-state index is -4.25. The number of aryl methyl sites for hydroxylation is 1. The van der Waals surface area contributed by atoms with Crippen LogP contribution in [-0.4, -0.2) is 34.3 Å². The van der Waals surface area contributed by atoms with Crippen LogP contribution in [0.3, 0.4) is 0 Å². The Morgan fingerprint density at radius 2 is 2.04 bits per heavy atom. The summed E-state index contributed by atoms with van der Waals surface area (Å²) in [4.78, 5) is 16.1. The van der Waals surface area contributed by atoms with Gasteiger partial charge in [0.25, 0.3) is 0 Å². The van der Waals surface area contributed by atoms with Gasteiger partial charge in [0.2, 0.25) is 0 Å². The van der Waals surface area contributed by atoms with Crippen molar-refractivity contribution in [3.8, 4) is 11.4 Å². The lowest BCUT2D eigenvalue weighted by molar-refractivity contribution is 0.0697. The van der Waals surface area contributed by atoms with Crippen molar-refractivity contribution in [2.75, 3.05) is 0 Å². The van der Waals surface area contributed by atoms with Crippen LogP contribution in [0.2, 0.25) is 0 Å². The van der Waals surface area contributed by atoms with Gasteiger partial charge in [0.1, 0.15) is 10.5 Å². The number of carboxylic acids is 1. The molecule has 26 heavy (non-hydrogen) atoms. The van der Waals surface area contributed by atoms with E-state index >= 15 is 0 Å². The number of nitrogens with zero attached hydrogens (tertiary/aromatic N) is 3. The van der Waals surface area contributed by atoms with E-state index in [9.17, 15) is 18.3 Å². The zero-order valence-electron chi connectivity index (χ0n) is 14.2. The Kier molecular flexibility index (Phi) is 3.35. The first-order valence-electron chi connectivity index (χ1n) is 7.91. The molecule has 1 aromatic carbocycles. The van der Waals surface area contributed by atoms with E-state index in [0.29, 0.717) is 5.69 Å². The highest BCUT2D eigenvalue weighted by atomic mass is 32.2. The minimum Gasteiger partial charge on any atom is -0.478 e. The van der Waals surface area contributed by atoms with Gasteiger partial charge in [0, 0.05) is 0 Å². The molecule has 2 aliphatic rings. The topological polar surface area (TPSA) is 111 Å². The molecule has 0 amide bonds. The average Bonchev–Trinajstić information content (AvgIpc) is 2.94. The van der Waals surface area contributed by atoms with Crippen LogP contribution in [0.25, 0.3) is 16.7 Å². The van der Waals surface area contributed by atoms with E-state index in [2.05, 4.69) is 10.1 Å². The fourth-order valence-electron chi connectivity index (χ4n) is 3.11. The predicted molar refractivity (Wildman–Crippen MR) is 92.5 cm³/mol. The lowest BCUT2D eigenvalue weighted by Crippen LogP contribution is -2.15. The molecular formula is C17H15N3O5S. The Labute approximate surface area is 149 Å². The third kappa shape index (κ3) is 2.20. The molecule has 0 radical (unpaired) electrons. The van der Waals surface area contributed by atoms with E-state index < -0.39 is 16.1 Å². The molecule has 0 saturated carbocycles. The number of fused-ring (bicyclic) bond motifs is 2. The van der Waals surface area contributed by atoms with Crippen LogP contribution in [-0.2, 0) is 10.1 Å². The first-order chi connectivity index (χ1) is 12.2. The quantitative estimate of drug-likeness (QED) is 0.687. The Hall–Kier alpha value is -2.94. The number of hydrogen-bond acceptors (Lipinski definition) is 6. The first-order valence-corrected chi connectivity index (χ1v) is 9.32. The van der Waals surface area contributed by atoms with Crippen molar-refractivity contribution in [2.24, 2.45) is 0 Å².